The second-order valence-corrected chi connectivity index (χ2v) is 3.57. The van der Waals surface area contributed by atoms with Crippen molar-refractivity contribution < 1.29 is 14.9 Å². The zero-order valence-corrected chi connectivity index (χ0v) is 10.2. The summed E-state index contributed by atoms with van der Waals surface area (Å²) in [7, 11) is 0. The van der Waals surface area contributed by atoms with Gasteiger partial charge in [-0.05, 0) is 5.57 Å². The summed E-state index contributed by atoms with van der Waals surface area (Å²) in [5, 5.41) is 18.1. The maximum absolute atomic E-state index is 9.05. The minimum atomic E-state index is -0.193. The summed E-state index contributed by atoms with van der Waals surface area (Å²) in [5.41, 5.74) is 1.81. The number of nitrogens with zero attached hydrogens (tertiary/aromatic N) is 1. The third-order valence-electron chi connectivity index (χ3n) is 2.23. The third-order valence-corrected chi connectivity index (χ3v) is 2.23. The van der Waals surface area contributed by atoms with Gasteiger partial charge in [0, 0.05) is 12.1 Å². The molecule has 0 aromatic carbocycles. The molecule has 1 heterocycles. The van der Waals surface area contributed by atoms with Gasteiger partial charge in [-0.2, -0.15) is 0 Å². The molecule has 0 aliphatic carbocycles. The molecular formula is C14H17NO3. The number of aliphatic hydroxyl groups is 2. The SMILES string of the molecule is C=C/C=C(\C=C)COc1cc(CO)nc(CO)c1. The number of hydrogen-bond acceptors (Lipinski definition) is 4. The van der Waals surface area contributed by atoms with Gasteiger partial charge in [0.1, 0.15) is 12.4 Å². The van der Waals surface area contributed by atoms with Crippen LogP contribution in [0.4, 0.5) is 0 Å². The Morgan fingerprint density at radius 3 is 2.28 bits per heavy atom. The molecule has 0 spiro atoms. The Hall–Kier alpha value is -1.91. The molecule has 0 aliphatic rings. The Labute approximate surface area is 107 Å². The van der Waals surface area contributed by atoms with Crippen LogP contribution in [0.1, 0.15) is 11.4 Å². The van der Waals surface area contributed by atoms with E-state index < -0.39 is 0 Å². The van der Waals surface area contributed by atoms with Crippen LogP contribution in [0.3, 0.4) is 0 Å². The van der Waals surface area contributed by atoms with Gasteiger partial charge in [0.05, 0.1) is 24.6 Å². The van der Waals surface area contributed by atoms with E-state index in [4.69, 9.17) is 14.9 Å². The molecule has 0 bridgehead atoms. The zero-order valence-electron chi connectivity index (χ0n) is 10.2. The lowest BCUT2D eigenvalue weighted by atomic mass is 10.2. The average Bonchev–Trinajstić information content (AvgIpc) is 2.42. The fourth-order valence-corrected chi connectivity index (χ4v) is 1.36. The van der Waals surface area contributed by atoms with Crippen molar-refractivity contribution in [2.75, 3.05) is 6.61 Å². The van der Waals surface area contributed by atoms with Crippen molar-refractivity contribution in [3.63, 3.8) is 0 Å². The smallest absolute Gasteiger partial charge is 0.123 e. The largest absolute Gasteiger partial charge is 0.489 e. The third kappa shape index (κ3) is 4.16. The van der Waals surface area contributed by atoms with Crippen molar-refractivity contribution in [3.8, 4) is 5.75 Å². The van der Waals surface area contributed by atoms with Crippen molar-refractivity contribution in [2.24, 2.45) is 0 Å². The Morgan fingerprint density at radius 2 is 1.83 bits per heavy atom. The van der Waals surface area contributed by atoms with Crippen molar-refractivity contribution in [3.05, 3.63) is 60.5 Å². The molecule has 1 aromatic heterocycles. The van der Waals surface area contributed by atoms with E-state index in [9.17, 15) is 0 Å². The predicted octanol–water partition coefficient (Wildman–Crippen LogP) is 1.74. The van der Waals surface area contributed by atoms with Crippen molar-refractivity contribution >= 4 is 0 Å². The fraction of sp³-hybridized carbons (Fsp3) is 0.214. The maximum atomic E-state index is 9.05. The van der Waals surface area contributed by atoms with Gasteiger partial charge in [0.15, 0.2) is 0 Å². The summed E-state index contributed by atoms with van der Waals surface area (Å²) >= 11 is 0. The Kier molecular flexibility index (Phi) is 5.84. The van der Waals surface area contributed by atoms with Crippen LogP contribution < -0.4 is 4.74 Å². The molecule has 1 aromatic rings. The molecule has 0 saturated heterocycles. The van der Waals surface area contributed by atoms with Crippen LogP contribution in [0.5, 0.6) is 5.75 Å². The summed E-state index contributed by atoms with van der Waals surface area (Å²) < 4.78 is 5.55. The molecule has 2 N–H and O–H groups in total. The highest BCUT2D eigenvalue weighted by atomic mass is 16.5. The number of ether oxygens (including phenoxy) is 1. The van der Waals surface area contributed by atoms with Gasteiger partial charge in [-0.15, -0.1) is 0 Å². The summed E-state index contributed by atoms with van der Waals surface area (Å²) in [6.45, 7) is 7.23. The molecule has 0 fully saturated rings. The van der Waals surface area contributed by atoms with Gasteiger partial charge >= 0.3 is 0 Å². The number of allylic oxidation sites excluding steroid dienone is 2. The van der Waals surface area contributed by atoms with Crippen LogP contribution in [0.2, 0.25) is 0 Å². The van der Waals surface area contributed by atoms with E-state index in [-0.39, 0.29) is 13.2 Å². The van der Waals surface area contributed by atoms with E-state index in [1.54, 1.807) is 30.4 Å². The zero-order chi connectivity index (χ0) is 13.4. The quantitative estimate of drug-likeness (QED) is 0.720. The number of aromatic nitrogens is 1. The molecule has 0 atom stereocenters. The monoisotopic (exact) mass is 247 g/mol. The van der Waals surface area contributed by atoms with Crippen LogP contribution in [0, 0.1) is 0 Å². The maximum Gasteiger partial charge on any atom is 0.123 e. The van der Waals surface area contributed by atoms with Crippen molar-refractivity contribution in [1.82, 2.24) is 4.98 Å². The lowest BCUT2D eigenvalue weighted by Crippen LogP contribution is -2.03. The molecule has 0 saturated carbocycles. The summed E-state index contributed by atoms with van der Waals surface area (Å²) in [5.74, 6) is 0.551. The minimum Gasteiger partial charge on any atom is -0.489 e. The van der Waals surface area contributed by atoms with Gasteiger partial charge < -0.3 is 14.9 Å². The van der Waals surface area contributed by atoms with E-state index >= 15 is 0 Å². The number of aliphatic hydroxyl groups excluding tert-OH is 2. The molecular weight excluding hydrogens is 230 g/mol. The van der Waals surface area contributed by atoms with Crippen LogP contribution in [-0.4, -0.2) is 21.8 Å². The van der Waals surface area contributed by atoms with Gasteiger partial charge in [-0.1, -0.05) is 31.4 Å². The summed E-state index contributed by atoms with van der Waals surface area (Å²) in [4.78, 5) is 4.02. The first-order chi connectivity index (χ1) is 8.73. The normalized spacial score (nSPS) is 11.1. The molecule has 4 heteroatoms. The van der Waals surface area contributed by atoms with Crippen LogP contribution in [-0.2, 0) is 13.2 Å². The lowest BCUT2D eigenvalue weighted by Gasteiger charge is -2.09. The average molecular weight is 247 g/mol. The van der Waals surface area contributed by atoms with Crippen LogP contribution in [0.25, 0.3) is 0 Å². The first kappa shape index (κ1) is 14.2. The summed E-state index contributed by atoms with van der Waals surface area (Å²) in [6, 6.07) is 3.27. The molecule has 0 aliphatic heterocycles. The Morgan fingerprint density at radius 1 is 1.22 bits per heavy atom. The Bertz CT molecular complexity index is 430. The topological polar surface area (TPSA) is 62.6 Å². The highest BCUT2D eigenvalue weighted by Crippen LogP contribution is 2.15. The molecule has 1 rings (SSSR count). The van der Waals surface area contributed by atoms with Crippen molar-refractivity contribution in [2.45, 2.75) is 13.2 Å². The molecule has 0 amide bonds. The van der Waals surface area contributed by atoms with E-state index in [0.29, 0.717) is 23.7 Å². The lowest BCUT2D eigenvalue weighted by molar-refractivity contribution is 0.263. The van der Waals surface area contributed by atoms with E-state index in [2.05, 4.69) is 18.1 Å². The minimum absolute atomic E-state index is 0.193. The summed E-state index contributed by atoms with van der Waals surface area (Å²) in [6.07, 6.45) is 5.14. The van der Waals surface area contributed by atoms with Gasteiger partial charge in [-0.3, -0.25) is 4.98 Å². The molecule has 0 radical (unpaired) electrons. The van der Waals surface area contributed by atoms with Crippen LogP contribution >= 0.6 is 0 Å². The van der Waals surface area contributed by atoms with Crippen molar-refractivity contribution in [1.29, 1.82) is 0 Å². The first-order valence-electron chi connectivity index (χ1n) is 5.52. The Balaban J connectivity index is 2.80. The van der Waals surface area contributed by atoms with Crippen LogP contribution in [0.15, 0.2) is 49.1 Å². The van der Waals surface area contributed by atoms with E-state index in [1.165, 1.54) is 0 Å². The highest BCUT2D eigenvalue weighted by molar-refractivity contribution is 5.29. The molecule has 18 heavy (non-hydrogen) atoms. The predicted molar refractivity (Wildman–Crippen MR) is 70.1 cm³/mol. The molecule has 4 nitrogen and oxygen atoms in total. The number of pyridine rings is 1. The second-order valence-electron chi connectivity index (χ2n) is 3.57. The molecule has 96 valence electrons. The van der Waals surface area contributed by atoms with Gasteiger partial charge in [0.2, 0.25) is 0 Å². The van der Waals surface area contributed by atoms with E-state index in [0.717, 1.165) is 5.57 Å². The number of rotatable bonds is 7. The fourth-order valence-electron chi connectivity index (χ4n) is 1.36. The standard InChI is InChI=1S/C14H17NO3/c1-3-5-11(4-2)10-18-14-6-12(8-16)15-13(7-14)9-17/h3-7,16-17H,1-2,8-10H2/b11-5+. The van der Waals surface area contributed by atoms with E-state index in [1.807, 2.05) is 0 Å². The molecule has 0 unspecified atom stereocenters. The first-order valence-corrected chi connectivity index (χ1v) is 5.52. The number of hydrogen-bond donors (Lipinski definition) is 2. The van der Waals surface area contributed by atoms with Gasteiger partial charge in [-0.25, -0.2) is 0 Å². The second kappa shape index (κ2) is 7.42. The van der Waals surface area contributed by atoms with Gasteiger partial charge in [0.25, 0.3) is 0 Å². The highest BCUT2D eigenvalue weighted by Gasteiger charge is 2.03.